The van der Waals surface area contributed by atoms with Crippen LogP contribution in [0.1, 0.15) is 78.9 Å². The average molecular weight is 616 g/mol. The summed E-state index contributed by atoms with van der Waals surface area (Å²) in [5.74, 6) is -2.00. The lowest BCUT2D eigenvalue weighted by Crippen LogP contribution is -2.74. The second kappa shape index (κ2) is 10.8. The predicted octanol–water partition coefficient (Wildman–Crippen LogP) is 3.48. The van der Waals surface area contributed by atoms with E-state index in [9.17, 15) is 24.3 Å². The number of likely N-dealkylation sites (tertiary alicyclic amines) is 1. The van der Waals surface area contributed by atoms with Crippen molar-refractivity contribution in [1.82, 2.24) is 4.90 Å². The summed E-state index contributed by atoms with van der Waals surface area (Å²) in [5.41, 5.74) is -2.30. The van der Waals surface area contributed by atoms with Crippen LogP contribution >= 0.6 is 0 Å². The summed E-state index contributed by atoms with van der Waals surface area (Å²) >= 11 is 0. The number of nitrogens with zero attached hydrogens (tertiary/aromatic N) is 1. The van der Waals surface area contributed by atoms with Gasteiger partial charge in [-0.15, -0.1) is 0 Å². The number of hydrogen-bond donors (Lipinski definition) is 1. The molecule has 4 aliphatic rings. The molecule has 0 saturated carbocycles. The lowest BCUT2D eigenvalue weighted by atomic mass is 9.50. The molecule has 5 rings (SSSR count). The van der Waals surface area contributed by atoms with Gasteiger partial charge in [-0.25, -0.2) is 9.59 Å². The van der Waals surface area contributed by atoms with Crippen molar-refractivity contribution < 1.29 is 52.7 Å². The normalized spacial score (nSPS) is 27.6. The molecule has 0 unspecified atom stereocenters. The van der Waals surface area contributed by atoms with E-state index in [1.807, 2.05) is 13.1 Å². The number of carbonyl (C=O) groups excluding carboxylic acids is 4. The number of piperidine rings is 1. The van der Waals surface area contributed by atoms with E-state index in [-0.39, 0.29) is 29.7 Å². The summed E-state index contributed by atoms with van der Waals surface area (Å²) in [7, 11) is 1.96. The summed E-state index contributed by atoms with van der Waals surface area (Å²) in [6.07, 6.45) is -1.26. The highest BCUT2D eigenvalue weighted by atomic mass is 16.7. The number of hydrogen-bond acceptors (Lipinski definition) is 12. The van der Waals surface area contributed by atoms with Gasteiger partial charge in [-0.05, 0) is 85.7 Å². The number of carbonyl (C=O) groups is 4. The van der Waals surface area contributed by atoms with Crippen molar-refractivity contribution in [1.29, 1.82) is 0 Å². The van der Waals surface area contributed by atoms with Crippen molar-refractivity contribution in [2.75, 3.05) is 13.6 Å². The Hall–Kier alpha value is -3.64. The van der Waals surface area contributed by atoms with E-state index in [1.54, 1.807) is 53.7 Å². The minimum Gasteiger partial charge on any atom is -0.477 e. The molecule has 12 heteroatoms. The molecule has 44 heavy (non-hydrogen) atoms. The molecule has 0 amide bonds. The highest BCUT2D eigenvalue weighted by molar-refractivity contribution is 5.85. The fourth-order valence-electron chi connectivity index (χ4n) is 6.96. The number of likely N-dealkylation sites (N-methyl/N-ethyl adjacent to an activating group) is 1. The number of esters is 3. The average Bonchev–Trinajstić information content (AvgIpc) is 3.22. The van der Waals surface area contributed by atoms with Crippen molar-refractivity contribution in [2.24, 2.45) is 0 Å². The van der Waals surface area contributed by atoms with E-state index in [0.717, 1.165) is 12.5 Å². The van der Waals surface area contributed by atoms with E-state index in [0.29, 0.717) is 24.9 Å². The van der Waals surface area contributed by atoms with Gasteiger partial charge in [0, 0.05) is 24.9 Å². The first-order chi connectivity index (χ1) is 20.3. The molecule has 0 aromatic heterocycles. The Labute approximate surface area is 256 Å². The van der Waals surface area contributed by atoms with Crippen LogP contribution < -0.4 is 9.47 Å². The second-order valence-electron chi connectivity index (χ2n) is 14.0. The number of aliphatic hydroxyl groups is 1. The Morgan fingerprint density at radius 1 is 1.07 bits per heavy atom. The molecule has 5 atom stereocenters. The fourth-order valence-corrected chi connectivity index (χ4v) is 6.96. The van der Waals surface area contributed by atoms with Crippen molar-refractivity contribution >= 4 is 24.1 Å². The van der Waals surface area contributed by atoms with E-state index in [4.69, 9.17) is 28.4 Å². The van der Waals surface area contributed by atoms with E-state index in [2.05, 4.69) is 4.90 Å². The van der Waals surface area contributed by atoms with Crippen molar-refractivity contribution in [3.8, 4) is 11.5 Å². The highest BCUT2D eigenvalue weighted by Crippen LogP contribution is 2.65. The lowest BCUT2D eigenvalue weighted by molar-refractivity contribution is -0.178. The summed E-state index contributed by atoms with van der Waals surface area (Å²) in [6.45, 7) is 12.0. The summed E-state index contributed by atoms with van der Waals surface area (Å²) in [4.78, 5) is 52.6. The molecule has 0 radical (unpaired) electrons. The maximum atomic E-state index is 13.5. The van der Waals surface area contributed by atoms with E-state index in [1.165, 1.54) is 0 Å². The number of benzene rings is 1. The molecular formula is C32H41NO11. The first-order valence-electron chi connectivity index (χ1n) is 14.8. The summed E-state index contributed by atoms with van der Waals surface area (Å²) in [6, 6.07) is 3.24. The Morgan fingerprint density at radius 2 is 1.75 bits per heavy atom. The van der Waals surface area contributed by atoms with Gasteiger partial charge >= 0.3 is 24.1 Å². The minimum atomic E-state index is -1.57. The Kier molecular flexibility index (Phi) is 7.77. The monoisotopic (exact) mass is 615 g/mol. The molecule has 1 aromatic rings. The van der Waals surface area contributed by atoms with Gasteiger partial charge in [0.05, 0.1) is 17.4 Å². The quantitative estimate of drug-likeness (QED) is 0.284. The molecule has 1 aromatic carbocycles. The van der Waals surface area contributed by atoms with Crippen molar-refractivity contribution in [3.05, 3.63) is 35.1 Å². The van der Waals surface area contributed by atoms with Crippen LogP contribution in [0.4, 0.5) is 4.79 Å². The first kappa shape index (κ1) is 31.8. The van der Waals surface area contributed by atoms with Crippen LogP contribution in [0.15, 0.2) is 24.0 Å². The standard InChI is InChI=1S/C32H41NO11/c1-17(34)39-21(16-23(35)43-29(2,3)4)27(36)40-20-11-12-32(38)22-15-18-9-10-19(41-28(37)44-30(5,6)7)25-24(18)31(32,26(20)42-25)13-14-33(22)8/h9-11,21-22,26,38H,12-16H2,1-8H3/t21-,22-,26-,31-,32+/m0/s1. The molecule has 2 bridgehead atoms. The van der Waals surface area contributed by atoms with Crippen LogP contribution in [0.5, 0.6) is 11.5 Å². The van der Waals surface area contributed by atoms with E-state index >= 15 is 0 Å². The van der Waals surface area contributed by atoms with Gasteiger partial charge in [0.25, 0.3) is 0 Å². The van der Waals surface area contributed by atoms with Crippen LogP contribution in [-0.2, 0) is 45.2 Å². The molecular weight excluding hydrogens is 574 g/mol. The highest BCUT2D eigenvalue weighted by Gasteiger charge is 2.72. The maximum Gasteiger partial charge on any atom is 0.514 e. The van der Waals surface area contributed by atoms with Crippen LogP contribution in [0.25, 0.3) is 0 Å². The van der Waals surface area contributed by atoms with Gasteiger partial charge in [-0.2, -0.15) is 0 Å². The third kappa shape index (κ3) is 5.53. The molecule has 240 valence electrons. The smallest absolute Gasteiger partial charge is 0.477 e. The zero-order chi connectivity index (χ0) is 32.4. The Bertz CT molecular complexity index is 1420. The lowest BCUT2D eigenvalue weighted by Gasteiger charge is -2.61. The number of ether oxygens (including phenoxy) is 6. The number of rotatable bonds is 6. The fraction of sp³-hybridized carbons (Fsp3) is 0.625. The van der Waals surface area contributed by atoms with Crippen LogP contribution in [-0.4, -0.2) is 82.7 Å². The van der Waals surface area contributed by atoms with Gasteiger partial charge in [0.15, 0.2) is 17.6 Å². The zero-order valence-electron chi connectivity index (χ0n) is 26.5. The van der Waals surface area contributed by atoms with Gasteiger partial charge in [0.1, 0.15) is 17.0 Å². The molecule has 2 aliphatic heterocycles. The third-order valence-corrected chi connectivity index (χ3v) is 8.48. The Morgan fingerprint density at radius 3 is 2.39 bits per heavy atom. The second-order valence-corrected chi connectivity index (χ2v) is 14.0. The van der Waals surface area contributed by atoms with E-state index < -0.39 is 64.9 Å². The minimum absolute atomic E-state index is 0.108. The predicted molar refractivity (Wildman–Crippen MR) is 154 cm³/mol. The Balaban J connectivity index is 1.50. The van der Waals surface area contributed by atoms with Gasteiger partial charge in [-0.1, -0.05) is 6.07 Å². The van der Waals surface area contributed by atoms with Gasteiger partial charge in [0.2, 0.25) is 6.10 Å². The molecule has 1 fully saturated rings. The molecule has 1 spiro atoms. The summed E-state index contributed by atoms with van der Waals surface area (Å²) in [5, 5.41) is 12.4. The van der Waals surface area contributed by atoms with Crippen molar-refractivity contribution in [2.45, 2.75) is 115 Å². The SMILES string of the molecule is CC(=O)O[C@@H](CC(=O)OC(C)(C)C)C(=O)OC1=CC[C@@]2(O)[C@@H]3Cc4ccc(OC(=O)OC(C)(C)C)c5c4[C@@]2(CCN3C)[C@H]1O5. The van der Waals surface area contributed by atoms with Gasteiger partial charge < -0.3 is 38.4 Å². The molecule has 1 N–H and O–H groups in total. The van der Waals surface area contributed by atoms with Gasteiger partial charge in [-0.3, -0.25) is 9.59 Å². The van der Waals surface area contributed by atoms with Crippen molar-refractivity contribution in [3.63, 3.8) is 0 Å². The van der Waals surface area contributed by atoms with Crippen LogP contribution in [0.3, 0.4) is 0 Å². The molecule has 2 aliphatic carbocycles. The van der Waals surface area contributed by atoms with Crippen LogP contribution in [0, 0.1) is 0 Å². The maximum absolute atomic E-state index is 13.5. The largest absolute Gasteiger partial charge is 0.514 e. The molecule has 12 nitrogen and oxygen atoms in total. The third-order valence-electron chi connectivity index (χ3n) is 8.48. The van der Waals surface area contributed by atoms with Crippen LogP contribution in [0.2, 0.25) is 0 Å². The summed E-state index contributed by atoms with van der Waals surface area (Å²) < 4.78 is 33.8. The topological polar surface area (TPSA) is 147 Å². The zero-order valence-corrected chi connectivity index (χ0v) is 26.5. The first-order valence-corrected chi connectivity index (χ1v) is 14.8. The molecule has 1 saturated heterocycles. The molecule has 2 heterocycles.